The number of benzene rings is 1. The fourth-order valence-corrected chi connectivity index (χ4v) is 2.61. The number of rotatable bonds is 5. The molecule has 3 rings (SSSR count). The Morgan fingerprint density at radius 1 is 1.36 bits per heavy atom. The number of halogens is 1. The maximum atomic E-state index is 9.58. The Morgan fingerprint density at radius 3 is 2.92 bits per heavy atom. The van der Waals surface area contributed by atoms with Crippen LogP contribution in [0.15, 0.2) is 41.5 Å². The molecule has 0 saturated carbocycles. The summed E-state index contributed by atoms with van der Waals surface area (Å²) in [5.74, 6) is 1.13. The first-order valence-electron chi connectivity index (χ1n) is 7.80. The van der Waals surface area contributed by atoms with Crippen molar-refractivity contribution in [2.45, 2.75) is 6.42 Å². The number of pyridine rings is 1. The zero-order chi connectivity index (χ0) is 17.8. The van der Waals surface area contributed by atoms with E-state index in [0.717, 1.165) is 24.3 Å². The van der Waals surface area contributed by atoms with Gasteiger partial charge in [-0.2, -0.15) is 0 Å². The van der Waals surface area contributed by atoms with Crippen LogP contribution in [0.2, 0.25) is 5.02 Å². The van der Waals surface area contributed by atoms with Crippen LogP contribution in [0.1, 0.15) is 11.4 Å². The molecule has 2 heterocycles. The first kappa shape index (κ1) is 17.3. The van der Waals surface area contributed by atoms with E-state index in [2.05, 4.69) is 30.3 Å². The molecule has 7 nitrogen and oxygen atoms in total. The summed E-state index contributed by atoms with van der Waals surface area (Å²) in [4.78, 5) is 18.6. The highest BCUT2D eigenvalue weighted by Gasteiger charge is 2.13. The number of aromatic amines is 1. The molecule has 0 saturated heterocycles. The topological polar surface area (TPSA) is 89.4 Å². The van der Waals surface area contributed by atoms with Crippen molar-refractivity contribution in [2.24, 2.45) is 4.99 Å². The first-order valence-corrected chi connectivity index (χ1v) is 8.17. The normalized spacial score (nSPS) is 12.1. The van der Waals surface area contributed by atoms with E-state index < -0.39 is 0 Å². The Kier molecular flexibility index (Phi) is 5.28. The van der Waals surface area contributed by atoms with E-state index >= 15 is 0 Å². The third kappa shape index (κ3) is 4.14. The summed E-state index contributed by atoms with van der Waals surface area (Å²) in [6.45, 7) is 0.872. The van der Waals surface area contributed by atoms with Crippen LogP contribution < -0.4 is 5.48 Å². The van der Waals surface area contributed by atoms with Gasteiger partial charge < -0.3 is 9.88 Å². The molecule has 0 aliphatic rings. The summed E-state index contributed by atoms with van der Waals surface area (Å²) < 4.78 is 0. The van der Waals surface area contributed by atoms with Gasteiger partial charge in [0.25, 0.3) is 0 Å². The number of hydrogen-bond donors (Lipinski definition) is 3. The molecular formula is C17H19ClN6O. The van der Waals surface area contributed by atoms with Gasteiger partial charge in [0.05, 0.1) is 11.2 Å². The van der Waals surface area contributed by atoms with Crippen LogP contribution in [-0.2, 0) is 6.42 Å². The molecule has 3 aromatic rings. The van der Waals surface area contributed by atoms with E-state index in [1.54, 1.807) is 36.5 Å². The van der Waals surface area contributed by atoms with Gasteiger partial charge >= 0.3 is 0 Å². The third-order valence-corrected chi connectivity index (χ3v) is 3.88. The summed E-state index contributed by atoms with van der Waals surface area (Å²) in [5, 5.41) is 10.2. The Bertz CT molecular complexity index is 905. The van der Waals surface area contributed by atoms with E-state index in [9.17, 15) is 5.21 Å². The molecule has 130 valence electrons. The van der Waals surface area contributed by atoms with Gasteiger partial charge in [0.1, 0.15) is 5.82 Å². The van der Waals surface area contributed by atoms with E-state index in [1.165, 1.54) is 0 Å². The number of nitrogens with one attached hydrogen (secondary N) is 2. The maximum absolute atomic E-state index is 9.58. The fraction of sp³-hybridized carbons (Fsp3) is 0.235. The Morgan fingerprint density at radius 2 is 2.20 bits per heavy atom. The second-order valence-corrected chi connectivity index (χ2v) is 6.28. The van der Waals surface area contributed by atoms with Crippen LogP contribution >= 0.6 is 11.6 Å². The van der Waals surface area contributed by atoms with Crippen molar-refractivity contribution in [3.63, 3.8) is 0 Å². The van der Waals surface area contributed by atoms with Gasteiger partial charge in [-0.3, -0.25) is 10.7 Å². The molecular weight excluding hydrogens is 340 g/mol. The molecule has 0 radical (unpaired) electrons. The van der Waals surface area contributed by atoms with Gasteiger partial charge in [0.15, 0.2) is 11.5 Å². The maximum Gasteiger partial charge on any atom is 0.178 e. The van der Waals surface area contributed by atoms with Gasteiger partial charge in [0.2, 0.25) is 0 Å². The molecule has 0 atom stereocenters. The summed E-state index contributed by atoms with van der Waals surface area (Å²) in [7, 11) is 4.02. The average Bonchev–Trinajstić information content (AvgIpc) is 3.01. The van der Waals surface area contributed by atoms with Crippen LogP contribution in [0.4, 0.5) is 5.69 Å². The highest BCUT2D eigenvalue weighted by Crippen LogP contribution is 2.21. The zero-order valence-electron chi connectivity index (χ0n) is 14.0. The number of hydrogen-bond acceptors (Lipinski definition) is 5. The summed E-state index contributed by atoms with van der Waals surface area (Å²) in [5.41, 5.74) is 4.77. The molecule has 0 unspecified atom stereocenters. The number of hydroxylamine groups is 1. The number of imidazole rings is 1. The largest absolute Gasteiger partial charge is 0.340 e. The van der Waals surface area contributed by atoms with Crippen molar-refractivity contribution >= 4 is 34.3 Å². The van der Waals surface area contributed by atoms with Crippen LogP contribution in [0, 0.1) is 0 Å². The number of fused-ring (bicyclic) bond motifs is 1. The molecule has 1 aromatic carbocycles. The van der Waals surface area contributed by atoms with Crippen molar-refractivity contribution in [1.29, 1.82) is 0 Å². The van der Waals surface area contributed by atoms with E-state index in [0.29, 0.717) is 21.9 Å². The SMILES string of the molecule is CN(C)CCc1nc2nccc(C(=Nc3cccc(Cl)c3)NO)c2[nH]1. The predicted octanol–water partition coefficient (Wildman–Crippen LogP) is 2.77. The minimum atomic E-state index is 0.289. The molecule has 0 fully saturated rings. The number of aliphatic imine (C=N–C) groups is 1. The van der Waals surface area contributed by atoms with E-state index in [1.807, 2.05) is 14.1 Å². The van der Waals surface area contributed by atoms with Gasteiger partial charge in [0, 0.05) is 29.7 Å². The smallest absolute Gasteiger partial charge is 0.178 e. The van der Waals surface area contributed by atoms with Crippen molar-refractivity contribution in [3.05, 3.63) is 52.9 Å². The van der Waals surface area contributed by atoms with E-state index in [-0.39, 0.29) is 5.84 Å². The molecule has 8 heteroatoms. The van der Waals surface area contributed by atoms with Gasteiger partial charge in [-0.15, -0.1) is 0 Å². The number of nitrogens with zero attached hydrogens (tertiary/aromatic N) is 4. The fourth-order valence-electron chi connectivity index (χ4n) is 2.42. The van der Waals surface area contributed by atoms with Gasteiger partial charge in [-0.1, -0.05) is 17.7 Å². The molecule has 3 N–H and O–H groups in total. The lowest BCUT2D eigenvalue weighted by Crippen LogP contribution is -2.20. The minimum absolute atomic E-state index is 0.289. The van der Waals surface area contributed by atoms with Crippen molar-refractivity contribution in [2.75, 3.05) is 20.6 Å². The lowest BCUT2D eigenvalue weighted by molar-refractivity contribution is 0.235. The lowest BCUT2D eigenvalue weighted by atomic mass is 10.2. The first-order chi connectivity index (χ1) is 12.1. The standard InChI is InChI=1S/C17H19ClN6O/c1-24(2)9-7-14-21-15-13(6-8-19-17(15)22-14)16(23-25)20-12-5-3-4-11(18)10-12/h3-6,8,10,25H,7,9H2,1-2H3,(H,20,23)(H,19,21,22). The summed E-state index contributed by atoms with van der Waals surface area (Å²) >= 11 is 5.99. The number of aromatic nitrogens is 3. The van der Waals surface area contributed by atoms with Crippen molar-refractivity contribution in [1.82, 2.24) is 25.3 Å². The average molecular weight is 359 g/mol. The van der Waals surface area contributed by atoms with Crippen molar-refractivity contribution in [3.8, 4) is 0 Å². The highest BCUT2D eigenvalue weighted by atomic mass is 35.5. The summed E-state index contributed by atoms with van der Waals surface area (Å²) in [6.07, 6.45) is 2.41. The van der Waals surface area contributed by atoms with Gasteiger partial charge in [-0.05, 0) is 38.4 Å². The Balaban J connectivity index is 2.00. The third-order valence-electron chi connectivity index (χ3n) is 3.65. The number of likely N-dealkylation sites (N-methyl/N-ethyl adjacent to an activating group) is 1. The molecule has 0 aliphatic heterocycles. The molecule has 2 aromatic heterocycles. The lowest BCUT2D eigenvalue weighted by Gasteiger charge is -2.07. The monoisotopic (exact) mass is 358 g/mol. The van der Waals surface area contributed by atoms with Crippen molar-refractivity contribution < 1.29 is 5.21 Å². The van der Waals surface area contributed by atoms with Crippen LogP contribution in [-0.4, -0.2) is 51.5 Å². The second kappa shape index (κ2) is 7.60. The Hall–Kier alpha value is -2.48. The molecule has 0 amide bonds. The quantitative estimate of drug-likeness (QED) is 0.371. The zero-order valence-corrected chi connectivity index (χ0v) is 14.7. The molecule has 0 spiro atoms. The number of H-pyrrole nitrogens is 1. The van der Waals surface area contributed by atoms with Crippen LogP contribution in [0.25, 0.3) is 11.2 Å². The highest BCUT2D eigenvalue weighted by molar-refractivity contribution is 6.30. The van der Waals surface area contributed by atoms with Gasteiger partial charge in [-0.25, -0.2) is 15.0 Å². The Labute approximate surface area is 150 Å². The molecule has 0 bridgehead atoms. The van der Waals surface area contributed by atoms with E-state index in [4.69, 9.17) is 11.6 Å². The summed E-state index contributed by atoms with van der Waals surface area (Å²) in [6, 6.07) is 8.85. The predicted molar refractivity (Wildman–Crippen MR) is 98.7 cm³/mol. The number of amidine groups is 1. The molecule has 25 heavy (non-hydrogen) atoms. The van der Waals surface area contributed by atoms with Crippen LogP contribution in [0.5, 0.6) is 0 Å². The molecule has 0 aliphatic carbocycles. The second-order valence-electron chi connectivity index (χ2n) is 5.85. The van der Waals surface area contributed by atoms with Crippen LogP contribution in [0.3, 0.4) is 0 Å². The minimum Gasteiger partial charge on any atom is -0.340 e.